The first-order chi connectivity index (χ1) is 8.75. The molecule has 0 spiro atoms. The maximum absolute atomic E-state index is 6.02. The summed E-state index contributed by atoms with van der Waals surface area (Å²) < 4.78 is 5.34. The van der Waals surface area contributed by atoms with Gasteiger partial charge in [0.2, 0.25) is 0 Å². The molecule has 0 aliphatic carbocycles. The summed E-state index contributed by atoms with van der Waals surface area (Å²) in [7, 11) is 0. The number of nitrogens with two attached hydrogens (primary N) is 1. The van der Waals surface area contributed by atoms with E-state index in [4.69, 9.17) is 10.2 Å². The molecule has 2 N–H and O–H groups in total. The highest BCUT2D eigenvalue weighted by Crippen LogP contribution is 2.36. The molecule has 0 amide bonds. The highest BCUT2D eigenvalue weighted by molar-refractivity contribution is 7.19. The maximum Gasteiger partial charge on any atom is 0.155 e. The average molecular weight is 256 g/mol. The van der Waals surface area contributed by atoms with Crippen LogP contribution in [0.15, 0.2) is 47.1 Å². The molecular formula is C14H12N2OS. The van der Waals surface area contributed by atoms with Crippen molar-refractivity contribution in [2.75, 3.05) is 5.73 Å². The third-order valence-electron chi connectivity index (χ3n) is 2.78. The normalized spacial score (nSPS) is 10.7. The average Bonchev–Trinajstić information content (AvgIpc) is 2.98. The van der Waals surface area contributed by atoms with Crippen molar-refractivity contribution in [3.63, 3.8) is 0 Å². The lowest BCUT2D eigenvalue weighted by molar-refractivity contribution is 0.581. The fourth-order valence-corrected chi connectivity index (χ4v) is 2.78. The van der Waals surface area contributed by atoms with E-state index >= 15 is 0 Å². The quantitative estimate of drug-likeness (QED) is 0.755. The van der Waals surface area contributed by atoms with Crippen LogP contribution < -0.4 is 5.73 Å². The van der Waals surface area contributed by atoms with Crippen LogP contribution >= 0.6 is 11.3 Å². The number of aromatic nitrogens is 1. The SMILES string of the molecule is Cc1ccccc1-c1nc(-c2ccco2)c(N)s1. The molecule has 4 heteroatoms. The smallest absolute Gasteiger partial charge is 0.155 e. The molecule has 0 atom stereocenters. The van der Waals surface area contributed by atoms with E-state index in [0.29, 0.717) is 10.8 Å². The van der Waals surface area contributed by atoms with Gasteiger partial charge in [-0.25, -0.2) is 4.98 Å². The lowest BCUT2D eigenvalue weighted by Gasteiger charge is -1.99. The van der Waals surface area contributed by atoms with Gasteiger partial charge >= 0.3 is 0 Å². The Bertz CT molecular complexity index is 671. The predicted molar refractivity (Wildman–Crippen MR) is 74.4 cm³/mol. The number of nitrogens with zero attached hydrogens (tertiary/aromatic N) is 1. The summed E-state index contributed by atoms with van der Waals surface area (Å²) in [6, 6.07) is 11.9. The number of furan rings is 1. The van der Waals surface area contributed by atoms with Crippen LogP contribution in [0.1, 0.15) is 5.56 Å². The number of hydrogen-bond donors (Lipinski definition) is 1. The number of nitrogen functional groups attached to an aromatic ring is 1. The second kappa shape index (κ2) is 4.31. The Morgan fingerprint density at radius 3 is 2.72 bits per heavy atom. The van der Waals surface area contributed by atoms with Gasteiger partial charge in [-0.15, -0.1) is 0 Å². The Kier molecular flexibility index (Phi) is 2.64. The van der Waals surface area contributed by atoms with Gasteiger partial charge in [0.25, 0.3) is 0 Å². The van der Waals surface area contributed by atoms with Crippen LogP contribution in [-0.4, -0.2) is 4.98 Å². The fraction of sp³-hybridized carbons (Fsp3) is 0.0714. The van der Waals surface area contributed by atoms with Crippen molar-refractivity contribution in [3.05, 3.63) is 48.2 Å². The molecule has 0 aliphatic rings. The number of hydrogen-bond acceptors (Lipinski definition) is 4. The van der Waals surface area contributed by atoms with Crippen LogP contribution in [0.4, 0.5) is 5.00 Å². The molecule has 3 aromatic rings. The third-order valence-corrected chi connectivity index (χ3v) is 3.70. The van der Waals surface area contributed by atoms with Crippen LogP contribution in [0.3, 0.4) is 0 Å². The van der Waals surface area contributed by atoms with Crippen LogP contribution in [0, 0.1) is 6.92 Å². The molecule has 0 saturated carbocycles. The topological polar surface area (TPSA) is 52.0 Å². The Balaban J connectivity index is 2.11. The van der Waals surface area contributed by atoms with Crippen molar-refractivity contribution in [2.45, 2.75) is 6.92 Å². The summed E-state index contributed by atoms with van der Waals surface area (Å²) >= 11 is 1.49. The van der Waals surface area contributed by atoms with Crippen molar-refractivity contribution in [1.29, 1.82) is 0 Å². The first-order valence-electron chi connectivity index (χ1n) is 5.62. The maximum atomic E-state index is 6.02. The summed E-state index contributed by atoms with van der Waals surface area (Å²) in [5.74, 6) is 0.712. The van der Waals surface area contributed by atoms with Gasteiger partial charge in [-0.3, -0.25) is 0 Å². The number of anilines is 1. The van der Waals surface area contributed by atoms with Crippen LogP contribution in [0.25, 0.3) is 22.0 Å². The minimum Gasteiger partial charge on any atom is -0.463 e. The van der Waals surface area contributed by atoms with E-state index in [1.807, 2.05) is 24.3 Å². The zero-order valence-corrected chi connectivity index (χ0v) is 10.7. The molecule has 3 nitrogen and oxygen atoms in total. The molecule has 0 unspecified atom stereocenters. The van der Waals surface area contributed by atoms with Gasteiger partial charge in [0.1, 0.15) is 15.7 Å². The zero-order chi connectivity index (χ0) is 12.5. The fourth-order valence-electron chi connectivity index (χ4n) is 1.85. The third kappa shape index (κ3) is 1.80. The van der Waals surface area contributed by atoms with Gasteiger partial charge in [-0.2, -0.15) is 0 Å². The highest BCUT2D eigenvalue weighted by Gasteiger charge is 2.14. The standard InChI is InChI=1S/C14H12N2OS/c1-9-5-2-3-6-10(9)14-16-12(13(15)18-14)11-7-4-8-17-11/h2-8H,15H2,1H3. The first kappa shape index (κ1) is 11.0. The minimum atomic E-state index is 0.684. The monoisotopic (exact) mass is 256 g/mol. The zero-order valence-electron chi connectivity index (χ0n) is 9.88. The van der Waals surface area contributed by atoms with Gasteiger partial charge in [-0.1, -0.05) is 35.6 Å². The van der Waals surface area contributed by atoms with Gasteiger partial charge in [0.15, 0.2) is 5.76 Å². The van der Waals surface area contributed by atoms with Crippen LogP contribution in [0.2, 0.25) is 0 Å². The van der Waals surface area contributed by atoms with Crippen molar-refractivity contribution < 1.29 is 4.42 Å². The van der Waals surface area contributed by atoms with Crippen molar-refractivity contribution in [1.82, 2.24) is 4.98 Å². The molecular weight excluding hydrogens is 244 g/mol. The summed E-state index contributed by atoms with van der Waals surface area (Å²) in [5, 5.41) is 1.61. The Morgan fingerprint density at radius 1 is 1.17 bits per heavy atom. The van der Waals surface area contributed by atoms with E-state index in [1.165, 1.54) is 16.9 Å². The second-order valence-corrected chi connectivity index (χ2v) is 5.05. The van der Waals surface area contributed by atoms with Crippen LogP contribution in [-0.2, 0) is 0 Å². The van der Waals surface area contributed by atoms with Crippen molar-refractivity contribution in [2.24, 2.45) is 0 Å². The molecule has 3 rings (SSSR count). The summed E-state index contributed by atoms with van der Waals surface area (Å²) in [6.07, 6.45) is 1.63. The van der Waals surface area contributed by atoms with E-state index < -0.39 is 0 Å². The van der Waals surface area contributed by atoms with Gasteiger partial charge < -0.3 is 10.2 Å². The molecule has 1 aromatic carbocycles. The van der Waals surface area contributed by atoms with E-state index in [9.17, 15) is 0 Å². The van der Waals surface area contributed by atoms with Gasteiger partial charge in [-0.05, 0) is 24.6 Å². The number of aryl methyl sites for hydroxylation is 1. The molecule has 0 saturated heterocycles. The second-order valence-electron chi connectivity index (χ2n) is 4.02. The van der Waals surface area contributed by atoms with Crippen molar-refractivity contribution >= 4 is 16.3 Å². The molecule has 0 fully saturated rings. The molecule has 0 aliphatic heterocycles. The molecule has 0 radical (unpaired) electrons. The van der Waals surface area contributed by atoms with E-state index in [2.05, 4.69) is 24.0 Å². The summed E-state index contributed by atoms with van der Waals surface area (Å²) in [4.78, 5) is 4.58. The van der Waals surface area contributed by atoms with Gasteiger partial charge in [0, 0.05) is 5.56 Å². The first-order valence-corrected chi connectivity index (χ1v) is 6.43. The molecule has 0 bridgehead atoms. The van der Waals surface area contributed by atoms with Crippen LogP contribution in [0.5, 0.6) is 0 Å². The lowest BCUT2D eigenvalue weighted by atomic mass is 10.1. The van der Waals surface area contributed by atoms with Crippen molar-refractivity contribution in [3.8, 4) is 22.0 Å². The molecule has 18 heavy (non-hydrogen) atoms. The molecule has 2 aromatic heterocycles. The Labute approximate surface area is 109 Å². The lowest BCUT2D eigenvalue weighted by Crippen LogP contribution is -1.84. The summed E-state index contributed by atoms with van der Waals surface area (Å²) in [5.41, 5.74) is 9.05. The van der Waals surface area contributed by atoms with E-state index in [1.54, 1.807) is 6.26 Å². The predicted octanol–water partition coefficient (Wildman–Crippen LogP) is 3.96. The Hall–Kier alpha value is -2.07. The van der Waals surface area contributed by atoms with E-state index in [-0.39, 0.29) is 0 Å². The largest absolute Gasteiger partial charge is 0.463 e. The highest BCUT2D eigenvalue weighted by atomic mass is 32.1. The number of benzene rings is 1. The number of rotatable bonds is 2. The van der Waals surface area contributed by atoms with E-state index in [0.717, 1.165) is 16.3 Å². The Morgan fingerprint density at radius 2 is 2.00 bits per heavy atom. The molecule has 90 valence electrons. The van der Waals surface area contributed by atoms with Gasteiger partial charge in [0.05, 0.1) is 6.26 Å². The summed E-state index contributed by atoms with van der Waals surface area (Å²) in [6.45, 7) is 2.07. The molecule has 2 heterocycles. The minimum absolute atomic E-state index is 0.684. The number of thiazole rings is 1.